The van der Waals surface area contributed by atoms with Crippen molar-refractivity contribution in [3.05, 3.63) is 23.4 Å². The van der Waals surface area contributed by atoms with Gasteiger partial charge in [-0.1, -0.05) is 11.2 Å². The summed E-state index contributed by atoms with van der Waals surface area (Å²) in [4.78, 5) is 17.0. The van der Waals surface area contributed by atoms with Crippen molar-refractivity contribution in [3.63, 3.8) is 0 Å². The number of nitrogens with zero attached hydrogens (tertiary/aromatic N) is 2. The van der Waals surface area contributed by atoms with Gasteiger partial charge >= 0.3 is 0 Å². The molecule has 7 heteroatoms. The van der Waals surface area contributed by atoms with Gasteiger partial charge < -0.3 is 14.9 Å². The van der Waals surface area contributed by atoms with Crippen molar-refractivity contribution in [1.82, 2.24) is 15.5 Å². The minimum absolute atomic E-state index is 0.0432. The van der Waals surface area contributed by atoms with Crippen LogP contribution in [0.15, 0.2) is 22.0 Å². The molecule has 1 amide bonds. The monoisotopic (exact) mass is 321 g/mol. The Bertz CT molecular complexity index is 620. The van der Waals surface area contributed by atoms with E-state index in [2.05, 4.69) is 15.5 Å². The minimum atomic E-state index is -0.669. The lowest BCUT2D eigenvalue weighted by atomic mass is 9.80. The van der Waals surface area contributed by atoms with Crippen molar-refractivity contribution in [1.29, 1.82) is 0 Å². The number of aliphatic hydroxyl groups is 1. The predicted octanol–water partition coefficient (Wildman–Crippen LogP) is 2.15. The molecule has 3 rings (SSSR count). The summed E-state index contributed by atoms with van der Waals surface area (Å²) >= 11 is 1.56. The number of carbonyl (C=O) groups excluding carboxylic acids is 1. The number of amides is 1. The van der Waals surface area contributed by atoms with Crippen molar-refractivity contribution in [2.45, 2.75) is 44.1 Å². The molecule has 2 N–H and O–H groups in total. The van der Waals surface area contributed by atoms with E-state index < -0.39 is 5.60 Å². The third-order valence-corrected chi connectivity index (χ3v) is 4.77. The maximum absolute atomic E-state index is 11.7. The molecule has 0 atom stereocenters. The van der Waals surface area contributed by atoms with Crippen LogP contribution in [0.1, 0.15) is 38.0 Å². The van der Waals surface area contributed by atoms with Gasteiger partial charge in [0, 0.05) is 19.4 Å². The topological polar surface area (TPSA) is 88.2 Å². The Morgan fingerprint density at radius 1 is 1.50 bits per heavy atom. The molecule has 0 unspecified atom stereocenters. The highest BCUT2D eigenvalue weighted by atomic mass is 32.1. The first-order valence-electron chi connectivity index (χ1n) is 7.50. The molecule has 1 aliphatic carbocycles. The Morgan fingerprint density at radius 3 is 3.05 bits per heavy atom. The van der Waals surface area contributed by atoms with E-state index in [-0.39, 0.29) is 5.91 Å². The van der Waals surface area contributed by atoms with Crippen molar-refractivity contribution in [3.8, 4) is 10.7 Å². The second-order valence-electron chi connectivity index (χ2n) is 5.70. The van der Waals surface area contributed by atoms with Crippen LogP contribution >= 0.6 is 11.3 Å². The van der Waals surface area contributed by atoms with Crippen LogP contribution in [0.3, 0.4) is 0 Å². The van der Waals surface area contributed by atoms with Gasteiger partial charge in [0.1, 0.15) is 0 Å². The summed E-state index contributed by atoms with van der Waals surface area (Å²) in [6.45, 7) is 0.356. The number of rotatable bonds is 7. The van der Waals surface area contributed by atoms with E-state index in [1.54, 1.807) is 11.3 Å². The fourth-order valence-corrected chi connectivity index (χ4v) is 3.02. The first kappa shape index (κ1) is 15.2. The summed E-state index contributed by atoms with van der Waals surface area (Å²) in [6, 6.07) is 3.88. The van der Waals surface area contributed by atoms with Crippen molar-refractivity contribution < 1.29 is 14.4 Å². The quantitative estimate of drug-likeness (QED) is 0.816. The Balaban J connectivity index is 1.38. The minimum Gasteiger partial charge on any atom is -0.388 e. The van der Waals surface area contributed by atoms with Crippen molar-refractivity contribution in [2.24, 2.45) is 0 Å². The first-order valence-corrected chi connectivity index (χ1v) is 8.38. The lowest BCUT2D eigenvalue weighted by Crippen LogP contribution is -2.47. The van der Waals surface area contributed by atoms with Crippen LogP contribution in [0.4, 0.5) is 0 Å². The molecule has 2 aromatic heterocycles. The Hall–Kier alpha value is -1.73. The van der Waals surface area contributed by atoms with Crippen molar-refractivity contribution in [2.75, 3.05) is 6.54 Å². The third kappa shape index (κ3) is 3.72. The number of thiophene rings is 1. The fraction of sp³-hybridized carbons (Fsp3) is 0.533. The van der Waals surface area contributed by atoms with E-state index >= 15 is 0 Å². The first-order chi connectivity index (χ1) is 10.6. The molecule has 0 saturated heterocycles. The number of hydrogen-bond acceptors (Lipinski definition) is 6. The Kier molecular flexibility index (Phi) is 4.54. The molecule has 0 radical (unpaired) electrons. The second kappa shape index (κ2) is 6.58. The van der Waals surface area contributed by atoms with Gasteiger partial charge in [0.25, 0.3) is 0 Å². The average molecular weight is 321 g/mol. The molecular weight excluding hydrogens is 302 g/mol. The van der Waals surface area contributed by atoms with Crippen LogP contribution in [0, 0.1) is 0 Å². The standard InChI is InChI=1S/C15H19N3O3S/c19-12(16-10-15(20)7-3-8-15)5-1-6-13-17-14(18-21-13)11-4-2-9-22-11/h2,4,9,20H,1,3,5-8,10H2,(H,16,19). The van der Waals surface area contributed by atoms with Gasteiger partial charge in [0.2, 0.25) is 17.6 Å². The number of aromatic nitrogens is 2. The van der Waals surface area contributed by atoms with Crippen LogP contribution < -0.4 is 5.32 Å². The van der Waals surface area contributed by atoms with E-state index in [1.165, 1.54) is 0 Å². The molecule has 22 heavy (non-hydrogen) atoms. The maximum atomic E-state index is 11.7. The van der Waals surface area contributed by atoms with Gasteiger partial charge in [-0.15, -0.1) is 11.3 Å². The average Bonchev–Trinajstić information content (AvgIpc) is 3.13. The summed E-state index contributed by atoms with van der Waals surface area (Å²) < 4.78 is 5.18. The SMILES string of the molecule is O=C(CCCc1nc(-c2cccs2)no1)NCC1(O)CCC1. The molecular formula is C15H19N3O3S. The molecule has 0 bridgehead atoms. The number of hydrogen-bond donors (Lipinski definition) is 2. The molecule has 6 nitrogen and oxygen atoms in total. The predicted molar refractivity (Wildman–Crippen MR) is 82.4 cm³/mol. The van der Waals surface area contributed by atoms with Crippen LogP contribution in [0.25, 0.3) is 10.7 Å². The smallest absolute Gasteiger partial charge is 0.226 e. The molecule has 0 spiro atoms. The van der Waals surface area contributed by atoms with Gasteiger partial charge in [-0.2, -0.15) is 4.98 Å². The zero-order valence-corrected chi connectivity index (χ0v) is 13.1. The van der Waals surface area contributed by atoms with E-state index in [0.29, 0.717) is 37.5 Å². The molecule has 2 heterocycles. The van der Waals surface area contributed by atoms with E-state index in [1.807, 2.05) is 17.5 Å². The van der Waals surface area contributed by atoms with Gasteiger partial charge in [-0.05, 0) is 37.1 Å². The molecule has 1 fully saturated rings. The Morgan fingerprint density at radius 2 is 2.36 bits per heavy atom. The summed E-state index contributed by atoms with van der Waals surface area (Å²) in [5.74, 6) is 1.11. The maximum Gasteiger partial charge on any atom is 0.226 e. The highest BCUT2D eigenvalue weighted by Gasteiger charge is 2.34. The van der Waals surface area contributed by atoms with Crippen molar-refractivity contribution >= 4 is 17.2 Å². The normalized spacial score (nSPS) is 16.2. The summed E-state index contributed by atoms with van der Waals surface area (Å²) in [7, 11) is 0. The summed E-state index contributed by atoms with van der Waals surface area (Å²) in [5, 5.41) is 18.6. The molecule has 118 valence electrons. The highest BCUT2D eigenvalue weighted by molar-refractivity contribution is 7.13. The zero-order chi connectivity index (χ0) is 15.4. The lowest BCUT2D eigenvalue weighted by Gasteiger charge is -2.36. The molecule has 1 saturated carbocycles. The Labute approximate surface area is 132 Å². The van der Waals surface area contributed by atoms with Gasteiger partial charge in [0.15, 0.2) is 0 Å². The van der Waals surface area contributed by atoms with E-state index in [0.717, 1.165) is 24.1 Å². The molecule has 0 aromatic carbocycles. The molecule has 2 aromatic rings. The molecule has 1 aliphatic rings. The van der Waals surface area contributed by atoms with E-state index in [4.69, 9.17) is 4.52 Å². The fourth-order valence-electron chi connectivity index (χ4n) is 2.38. The second-order valence-corrected chi connectivity index (χ2v) is 6.64. The third-order valence-electron chi connectivity index (χ3n) is 3.90. The lowest BCUT2D eigenvalue weighted by molar-refractivity contribution is -0.123. The number of nitrogens with one attached hydrogen (secondary N) is 1. The van der Waals surface area contributed by atoms with Crippen LogP contribution in [-0.2, 0) is 11.2 Å². The van der Waals surface area contributed by atoms with Crippen LogP contribution in [0.5, 0.6) is 0 Å². The van der Waals surface area contributed by atoms with Gasteiger partial charge in [0.05, 0.1) is 10.5 Å². The highest BCUT2D eigenvalue weighted by Crippen LogP contribution is 2.30. The van der Waals surface area contributed by atoms with Crippen LogP contribution in [0.2, 0.25) is 0 Å². The van der Waals surface area contributed by atoms with E-state index in [9.17, 15) is 9.90 Å². The zero-order valence-electron chi connectivity index (χ0n) is 12.2. The summed E-state index contributed by atoms with van der Waals surface area (Å²) in [6.07, 6.45) is 4.22. The van der Waals surface area contributed by atoms with Gasteiger partial charge in [-0.3, -0.25) is 4.79 Å². The number of aryl methyl sites for hydroxylation is 1. The summed E-state index contributed by atoms with van der Waals surface area (Å²) in [5.41, 5.74) is -0.669. The largest absolute Gasteiger partial charge is 0.388 e. The van der Waals surface area contributed by atoms with Crippen LogP contribution in [-0.4, -0.2) is 33.3 Å². The number of carbonyl (C=O) groups is 1. The molecule has 0 aliphatic heterocycles. The van der Waals surface area contributed by atoms with Gasteiger partial charge in [-0.25, -0.2) is 0 Å².